The average molecular weight is 459 g/mol. The van der Waals surface area contributed by atoms with Gasteiger partial charge < -0.3 is 15.0 Å². The molecule has 0 aliphatic rings. The van der Waals surface area contributed by atoms with E-state index in [-0.39, 0.29) is 18.2 Å². The Morgan fingerprint density at radius 2 is 1.41 bits per heavy atom. The van der Waals surface area contributed by atoms with Crippen LogP contribution in [0.3, 0.4) is 0 Å². The normalized spacial score (nSPS) is 11.6. The van der Waals surface area contributed by atoms with Gasteiger partial charge in [-0.2, -0.15) is 0 Å². The summed E-state index contributed by atoms with van der Waals surface area (Å²) in [6, 6.07) is 26.5. The Kier molecular flexibility index (Phi) is 9.27. The number of benzene rings is 3. The van der Waals surface area contributed by atoms with E-state index in [9.17, 15) is 9.59 Å². The highest BCUT2D eigenvalue weighted by Crippen LogP contribution is 2.19. The Morgan fingerprint density at radius 3 is 1.97 bits per heavy atom. The number of methoxy groups -OCH3 is 1. The molecule has 0 saturated carbocycles. The number of amides is 2. The minimum Gasteiger partial charge on any atom is -0.497 e. The van der Waals surface area contributed by atoms with Gasteiger partial charge in [0.2, 0.25) is 11.8 Å². The topological polar surface area (TPSA) is 58.6 Å². The maximum atomic E-state index is 13.6. The van der Waals surface area contributed by atoms with Crippen LogP contribution < -0.4 is 10.1 Å². The van der Waals surface area contributed by atoms with Crippen molar-refractivity contribution in [3.05, 3.63) is 102 Å². The molecule has 0 unspecified atom stereocenters. The van der Waals surface area contributed by atoms with Crippen molar-refractivity contribution < 1.29 is 14.3 Å². The summed E-state index contributed by atoms with van der Waals surface area (Å²) in [5.74, 6) is 0.855. The SMILES string of the molecule is COc1ccc(CN(C(=O)Cc2ccccc2)[C@@H](Cc2ccccc2)C(=O)NCC(C)C)cc1. The monoisotopic (exact) mass is 458 g/mol. The fraction of sp³-hybridized carbons (Fsp3) is 0.310. The first-order chi connectivity index (χ1) is 16.5. The standard InChI is InChI=1S/C29H34N2O3/c1-22(2)20-30-29(33)27(18-23-10-6-4-7-11-23)31(21-25-14-16-26(34-3)17-15-25)28(32)19-24-12-8-5-9-13-24/h4-17,22,27H,18-21H2,1-3H3,(H,30,33)/t27-/m0/s1. The van der Waals surface area contributed by atoms with Crippen LogP contribution in [0.5, 0.6) is 5.75 Å². The minimum absolute atomic E-state index is 0.0809. The van der Waals surface area contributed by atoms with E-state index in [4.69, 9.17) is 4.74 Å². The molecule has 5 nitrogen and oxygen atoms in total. The van der Waals surface area contributed by atoms with Crippen LogP contribution in [0.4, 0.5) is 0 Å². The van der Waals surface area contributed by atoms with Gasteiger partial charge in [-0.1, -0.05) is 86.6 Å². The predicted octanol–water partition coefficient (Wildman–Crippen LogP) is 4.65. The zero-order valence-electron chi connectivity index (χ0n) is 20.2. The van der Waals surface area contributed by atoms with Crippen molar-refractivity contribution in [2.45, 2.75) is 39.3 Å². The van der Waals surface area contributed by atoms with Gasteiger partial charge in [-0.25, -0.2) is 0 Å². The summed E-state index contributed by atoms with van der Waals surface area (Å²) >= 11 is 0. The van der Waals surface area contributed by atoms with Gasteiger partial charge in [0.05, 0.1) is 13.5 Å². The fourth-order valence-electron chi connectivity index (χ4n) is 3.78. The molecule has 3 aromatic rings. The Labute approximate surface area is 202 Å². The molecule has 0 aliphatic heterocycles. The van der Waals surface area contributed by atoms with Crippen molar-refractivity contribution in [1.29, 1.82) is 0 Å². The molecule has 0 aliphatic carbocycles. The lowest BCUT2D eigenvalue weighted by atomic mass is 10.0. The second-order valence-corrected chi connectivity index (χ2v) is 8.88. The van der Waals surface area contributed by atoms with Gasteiger partial charge in [0.25, 0.3) is 0 Å². The lowest BCUT2D eigenvalue weighted by Crippen LogP contribution is -2.51. The molecule has 3 aromatic carbocycles. The van der Waals surface area contributed by atoms with Crippen molar-refractivity contribution in [2.24, 2.45) is 5.92 Å². The van der Waals surface area contributed by atoms with E-state index in [1.54, 1.807) is 12.0 Å². The Balaban J connectivity index is 1.93. The number of rotatable bonds is 11. The second kappa shape index (κ2) is 12.6. The first-order valence-corrected chi connectivity index (χ1v) is 11.7. The first-order valence-electron chi connectivity index (χ1n) is 11.7. The summed E-state index contributed by atoms with van der Waals surface area (Å²) in [4.78, 5) is 28.8. The second-order valence-electron chi connectivity index (χ2n) is 8.88. The predicted molar refractivity (Wildman–Crippen MR) is 135 cm³/mol. The number of hydrogen-bond donors (Lipinski definition) is 1. The number of nitrogens with one attached hydrogen (secondary N) is 1. The Bertz CT molecular complexity index is 1030. The molecular formula is C29H34N2O3. The number of nitrogens with zero attached hydrogens (tertiary/aromatic N) is 1. The average Bonchev–Trinajstić information content (AvgIpc) is 2.86. The molecule has 34 heavy (non-hydrogen) atoms. The van der Waals surface area contributed by atoms with Crippen LogP contribution in [0, 0.1) is 5.92 Å². The third-order valence-electron chi connectivity index (χ3n) is 5.67. The van der Waals surface area contributed by atoms with Gasteiger partial charge in [0, 0.05) is 19.5 Å². The van der Waals surface area contributed by atoms with E-state index in [0.29, 0.717) is 25.4 Å². The van der Waals surface area contributed by atoms with E-state index in [2.05, 4.69) is 19.2 Å². The van der Waals surface area contributed by atoms with Gasteiger partial charge in [0.15, 0.2) is 0 Å². The Hall–Kier alpha value is -3.60. The molecule has 178 valence electrons. The molecule has 0 fully saturated rings. The van der Waals surface area contributed by atoms with Gasteiger partial charge in [-0.15, -0.1) is 0 Å². The summed E-state index contributed by atoms with van der Waals surface area (Å²) in [5, 5.41) is 3.05. The molecule has 1 atom stereocenters. The van der Waals surface area contributed by atoms with Crippen molar-refractivity contribution in [1.82, 2.24) is 10.2 Å². The molecule has 0 bridgehead atoms. The lowest BCUT2D eigenvalue weighted by molar-refractivity contribution is -0.140. The molecule has 5 heteroatoms. The number of ether oxygens (including phenoxy) is 1. The summed E-state index contributed by atoms with van der Waals surface area (Å²) in [5.41, 5.74) is 2.88. The van der Waals surface area contributed by atoms with Crippen molar-refractivity contribution in [3.8, 4) is 5.75 Å². The highest BCUT2D eigenvalue weighted by molar-refractivity contribution is 5.88. The fourth-order valence-corrected chi connectivity index (χ4v) is 3.78. The van der Waals surface area contributed by atoms with Crippen molar-refractivity contribution in [2.75, 3.05) is 13.7 Å². The molecule has 0 aromatic heterocycles. The highest BCUT2D eigenvalue weighted by atomic mass is 16.5. The van der Waals surface area contributed by atoms with E-state index in [1.807, 2.05) is 84.9 Å². The van der Waals surface area contributed by atoms with Crippen LogP contribution in [0.2, 0.25) is 0 Å². The molecule has 2 amide bonds. The van der Waals surface area contributed by atoms with E-state index >= 15 is 0 Å². The largest absolute Gasteiger partial charge is 0.497 e. The molecular weight excluding hydrogens is 424 g/mol. The van der Waals surface area contributed by atoms with E-state index < -0.39 is 6.04 Å². The smallest absolute Gasteiger partial charge is 0.243 e. The van der Waals surface area contributed by atoms with Crippen molar-refractivity contribution in [3.63, 3.8) is 0 Å². The lowest BCUT2D eigenvalue weighted by Gasteiger charge is -2.32. The summed E-state index contributed by atoms with van der Waals surface area (Å²) in [6.07, 6.45) is 0.682. The number of hydrogen-bond acceptors (Lipinski definition) is 3. The van der Waals surface area contributed by atoms with Crippen molar-refractivity contribution >= 4 is 11.8 Å². The zero-order chi connectivity index (χ0) is 24.3. The summed E-state index contributed by atoms with van der Waals surface area (Å²) in [6.45, 7) is 5.01. The molecule has 0 heterocycles. The summed E-state index contributed by atoms with van der Waals surface area (Å²) in [7, 11) is 1.62. The van der Waals surface area contributed by atoms with Gasteiger partial charge in [0.1, 0.15) is 11.8 Å². The molecule has 3 rings (SSSR count). The number of carbonyl (C=O) groups excluding carboxylic acids is 2. The van der Waals surface area contributed by atoms with Crippen LogP contribution in [0.15, 0.2) is 84.9 Å². The van der Waals surface area contributed by atoms with Crippen LogP contribution in [0.1, 0.15) is 30.5 Å². The quantitative estimate of drug-likeness (QED) is 0.455. The van der Waals surface area contributed by atoms with E-state index in [0.717, 1.165) is 22.4 Å². The number of carbonyl (C=O) groups is 2. The maximum Gasteiger partial charge on any atom is 0.243 e. The maximum absolute atomic E-state index is 13.6. The highest BCUT2D eigenvalue weighted by Gasteiger charge is 2.30. The van der Waals surface area contributed by atoms with Crippen LogP contribution in [0.25, 0.3) is 0 Å². The zero-order valence-corrected chi connectivity index (χ0v) is 20.2. The molecule has 0 saturated heterocycles. The third-order valence-corrected chi connectivity index (χ3v) is 5.67. The van der Waals surface area contributed by atoms with E-state index in [1.165, 1.54) is 0 Å². The van der Waals surface area contributed by atoms with Crippen LogP contribution >= 0.6 is 0 Å². The third kappa shape index (κ3) is 7.48. The van der Waals surface area contributed by atoms with Crippen LogP contribution in [-0.4, -0.2) is 36.4 Å². The van der Waals surface area contributed by atoms with Crippen LogP contribution in [-0.2, 0) is 29.0 Å². The van der Waals surface area contributed by atoms with Gasteiger partial charge >= 0.3 is 0 Å². The molecule has 0 spiro atoms. The molecule has 1 N–H and O–H groups in total. The summed E-state index contributed by atoms with van der Waals surface area (Å²) < 4.78 is 5.27. The Morgan fingerprint density at radius 1 is 0.824 bits per heavy atom. The first kappa shape index (κ1) is 25.0. The van der Waals surface area contributed by atoms with Gasteiger partial charge in [-0.05, 0) is 34.7 Å². The molecule has 0 radical (unpaired) electrons. The minimum atomic E-state index is -0.625. The van der Waals surface area contributed by atoms with Gasteiger partial charge in [-0.3, -0.25) is 9.59 Å².